The van der Waals surface area contributed by atoms with Crippen molar-refractivity contribution in [3.63, 3.8) is 0 Å². The van der Waals surface area contributed by atoms with E-state index in [1.54, 1.807) is 34.9 Å². The van der Waals surface area contributed by atoms with Gasteiger partial charge in [0.15, 0.2) is 0 Å². The Labute approximate surface area is 175 Å². The molecule has 2 heterocycles. The van der Waals surface area contributed by atoms with Crippen LogP contribution in [0.25, 0.3) is 10.9 Å². The number of hydrogen-bond donors (Lipinski definition) is 1. The van der Waals surface area contributed by atoms with Crippen LogP contribution in [0.4, 0.5) is 13.2 Å². The van der Waals surface area contributed by atoms with Gasteiger partial charge in [-0.15, -0.1) is 13.2 Å². The summed E-state index contributed by atoms with van der Waals surface area (Å²) in [7, 11) is 0. The quantitative estimate of drug-likeness (QED) is 0.666. The molecule has 160 valence electrons. The Morgan fingerprint density at radius 3 is 2.81 bits per heavy atom. The van der Waals surface area contributed by atoms with E-state index in [0.29, 0.717) is 47.4 Å². The highest BCUT2D eigenvalue weighted by Crippen LogP contribution is 2.26. The van der Waals surface area contributed by atoms with Crippen LogP contribution < -0.4 is 10.1 Å². The Kier molecular flexibility index (Phi) is 5.57. The molecule has 1 atom stereocenters. The fourth-order valence-corrected chi connectivity index (χ4v) is 3.63. The maximum absolute atomic E-state index is 13.0. The first kappa shape index (κ1) is 20.8. The summed E-state index contributed by atoms with van der Waals surface area (Å²) in [5.41, 5.74) is 2.01. The molecule has 0 saturated carbocycles. The predicted octanol–water partition coefficient (Wildman–Crippen LogP) is 3.98. The molecule has 1 amide bonds. The minimum Gasteiger partial charge on any atom is -0.406 e. The molecule has 0 radical (unpaired) electrons. The van der Waals surface area contributed by atoms with Crippen molar-refractivity contribution in [1.82, 2.24) is 9.88 Å². The number of benzene rings is 2. The molecule has 0 bridgehead atoms. The minimum absolute atomic E-state index is 0.0999. The molecule has 1 fully saturated rings. The van der Waals surface area contributed by atoms with Gasteiger partial charge in [0.1, 0.15) is 11.4 Å². The molecule has 31 heavy (non-hydrogen) atoms. The second-order valence-corrected chi connectivity index (χ2v) is 7.23. The lowest BCUT2D eigenvalue weighted by molar-refractivity contribution is -0.274. The van der Waals surface area contributed by atoms with Crippen LogP contribution in [0.2, 0.25) is 0 Å². The molecular weight excluding hydrogens is 411 g/mol. The zero-order valence-electron chi connectivity index (χ0n) is 16.3. The van der Waals surface area contributed by atoms with E-state index in [9.17, 15) is 23.2 Å². The molecule has 4 rings (SSSR count). The van der Waals surface area contributed by atoms with Crippen molar-refractivity contribution in [2.75, 3.05) is 13.2 Å². The lowest BCUT2D eigenvalue weighted by Crippen LogP contribution is -2.36. The zero-order chi connectivity index (χ0) is 22.0. The van der Waals surface area contributed by atoms with Crippen LogP contribution in [0.5, 0.6) is 5.75 Å². The first-order chi connectivity index (χ1) is 14.8. The third-order valence-corrected chi connectivity index (χ3v) is 5.00. The largest absolute Gasteiger partial charge is 0.573 e. The summed E-state index contributed by atoms with van der Waals surface area (Å²) in [6, 6.07) is 14.3. The smallest absolute Gasteiger partial charge is 0.406 e. The Hall–Kier alpha value is -3.51. The molecule has 0 aliphatic carbocycles. The molecule has 2 aromatic carbocycles. The Balaban J connectivity index is 1.70. The number of halogens is 3. The van der Waals surface area contributed by atoms with Gasteiger partial charge in [-0.25, -0.2) is 0 Å². The highest BCUT2D eigenvalue weighted by Gasteiger charge is 2.31. The van der Waals surface area contributed by atoms with E-state index in [1.165, 1.54) is 18.2 Å². The Morgan fingerprint density at radius 1 is 1.26 bits per heavy atom. The second-order valence-electron chi connectivity index (χ2n) is 7.23. The third kappa shape index (κ3) is 4.81. The number of nitrogens with zero attached hydrogens (tertiary/aromatic N) is 2. The normalized spacial score (nSPS) is 16.3. The lowest BCUT2D eigenvalue weighted by Gasteiger charge is -2.15. The van der Waals surface area contributed by atoms with Gasteiger partial charge in [0.25, 0.3) is 5.91 Å². The lowest BCUT2D eigenvalue weighted by atomic mass is 10.1. The van der Waals surface area contributed by atoms with E-state index in [0.717, 1.165) is 0 Å². The summed E-state index contributed by atoms with van der Waals surface area (Å²) in [5, 5.41) is 12.8. The molecule has 1 aromatic heterocycles. The number of nitrogens with one attached hydrogen (secondary N) is 1. The third-order valence-electron chi connectivity index (χ3n) is 5.00. The number of nitriles is 1. The van der Waals surface area contributed by atoms with Gasteiger partial charge in [-0.1, -0.05) is 12.1 Å². The molecule has 1 N–H and O–H groups in total. The van der Waals surface area contributed by atoms with Gasteiger partial charge in [0.2, 0.25) is 0 Å². The van der Waals surface area contributed by atoms with Crippen LogP contribution in [-0.4, -0.2) is 36.1 Å². The molecule has 1 aliphatic rings. The summed E-state index contributed by atoms with van der Waals surface area (Å²) in [5.74, 6) is -0.643. The first-order valence-corrected chi connectivity index (χ1v) is 9.59. The van der Waals surface area contributed by atoms with E-state index in [1.807, 2.05) is 0 Å². The summed E-state index contributed by atoms with van der Waals surface area (Å²) in [6.45, 7) is 1.15. The molecule has 3 aromatic rings. The van der Waals surface area contributed by atoms with E-state index in [2.05, 4.69) is 16.1 Å². The van der Waals surface area contributed by atoms with E-state index >= 15 is 0 Å². The fraction of sp³-hybridized carbons (Fsp3) is 0.273. The summed E-state index contributed by atoms with van der Waals surface area (Å²) in [4.78, 5) is 13.0. The molecule has 0 spiro atoms. The average molecular weight is 429 g/mol. The number of alkyl halides is 3. The van der Waals surface area contributed by atoms with E-state index in [4.69, 9.17) is 4.74 Å². The van der Waals surface area contributed by atoms with Crippen molar-refractivity contribution in [3.05, 3.63) is 65.4 Å². The van der Waals surface area contributed by atoms with Gasteiger partial charge in [-0.3, -0.25) is 4.79 Å². The Bertz CT molecular complexity index is 1160. The number of fused-ring (bicyclic) bond motifs is 1. The van der Waals surface area contributed by atoms with Crippen molar-refractivity contribution >= 4 is 16.8 Å². The van der Waals surface area contributed by atoms with Crippen LogP contribution in [0.3, 0.4) is 0 Å². The van der Waals surface area contributed by atoms with E-state index < -0.39 is 6.36 Å². The van der Waals surface area contributed by atoms with Crippen LogP contribution in [0, 0.1) is 11.3 Å². The van der Waals surface area contributed by atoms with Crippen molar-refractivity contribution in [2.45, 2.75) is 25.4 Å². The molecule has 9 heteroatoms. The molecule has 1 saturated heterocycles. The maximum Gasteiger partial charge on any atom is 0.573 e. The average Bonchev–Trinajstić information content (AvgIpc) is 3.34. The molecule has 6 nitrogen and oxygen atoms in total. The predicted molar refractivity (Wildman–Crippen MR) is 106 cm³/mol. The van der Waals surface area contributed by atoms with Gasteiger partial charge in [0.05, 0.1) is 24.3 Å². The zero-order valence-corrected chi connectivity index (χ0v) is 16.3. The molecular formula is C22H18F3N3O3. The number of hydrogen-bond acceptors (Lipinski definition) is 4. The van der Waals surface area contributed by atoms with Crippen LogP contribution in [-0.2, 0) is 11.3 Å². The number of amides is 1. The molecule has 0 unspecified atom stereocenters. The molecule has 1 aliphatic heterocycles. The fourth-order valence-electron chi connectivity index (χ4n) is 3.63. The standard InChI is InChI=1S/C22H18F3N3O3/c23-22(24,25)31-18-3-1-2-15(9-18)12-28-19-5-4-14(11-26)8-16(19)10-20(28)21(29)27-17-6-7-30-13-17/h1-5,8-10,17H,6-7,12-13H2,(H,27,29)/t17-/m1/s1. The van der Waals surface area contributed by atoms with Crippen molar-refractivity contribution in [2.24, 2.45) is 0 Å². The summed E-state index contributed by atoms with van der Waals surface area (Å²) < 4.78 is 48.8. The van der Waals surface area contributed by atoms with Gasteiger partial charge < -0.3 is 19.4 Å². The maximum atomic E-state index is 13.0. The van der Waals surface area contributed by atoms with Crippen LogP contribution in [0.15, 0.2) is 48.5 Å². The van der Waals surface area contributed by atoms with Crippen LogP contribution >= 0.6 is 0 Å². The number of ether oxygens (including phenoxy) is 2. The first-order valence-electron chi connectivity index (χ1n) is 9.59. The monoisotopic (exact) mass is 429 g/mol. The number of carbonyl (C=O) groups is 1. The van der Waals surface area contributed by atoms with E-state index in [-0.39, 0.29) is 24.2 Å². The SMILES string of the molecule is N#Cc1ccc2c(c1)cc(C(=O)N[C@@H]1CCOC1)n2Cc1cccc(OC(F)(F)F)c1. The van der Waals surface area contributed by atoms with Gasteiger partial charge in [0, 0.05) is 24.1 Å². The number of aromatic nitrogens is 1. The topological polar surface area (TPSA) is 76.3 Å². The van der Waals surface area contributed by atoms with Crippen molar-refractivity contribution in [1.29, 1.82) is 5.26 Å². The highest BCUT2D eigenvalue weighted by atomic mass is 19.4. The summed E-state index contributed by atoms with van der Waals surface area (Å²) in [6.07, 6.45) is -4.08. The van der Waals surface area contributed by atoms with Crippen LogP contribution in [0.1, 0.15) is 28.0 Å². The number of carbonyl (C=O) groups excluding carboxylic acids is 1. The Morgan fingerprint density at radius 2 is 2.10 bits per heavy atom. The van der Waals surface area contributed by atoms with Gasteiger partial charge >= 0.3 is 6.36 Å². The van der Waals surface area contributed by atoms with Crippen molar-refractivity contribution in [3.8, 4) is 11.8 Å². The minimum atomic E-state index is -4.79. The summed E-state index contributed by atoms with van der Waals surface area (Å²) >= 11 is 0. The van der Waals surface area contributed by atoms with Gasteiger partial charge in [-0.05, 0) is 48.4 Å². The highest BCUT2D eigenvalue weighted by molar-refractivity contribution is 5.99. The van der Waals surface area contributed by atoms with Gasteiger partial charge in [-0.2, -0.15) is 5.26 Å². The second kappa shape index (κ2) is 8.32. The number of rotatable bonds is 5. The van der Waals surface area contributed by atoms with Crippen molar-refractivity contribution < 1.29 is 27.4 Å².